The lowest BCUT2D eigenvalue weighted by Crippen LogP contribution is -2.30. The highest BCUT2D eigenvalue weighted by atomic mass is 79.9. The summed E-state index contributed by atoms with van der Waals surface area (Å²) >= 11 is 3.46. The Balaban J connectivity index is 1.32. The predicted octanol–water partition coefficient (Wildman–Crippen LogP) is 5.04. The first kappa shape index (κ1) is 23.6. The molecule has 0 radical (unpaired) electrons. The molecule has 7 nitrogen and oxygen atoms in total. The Kier molecular flexibility index (Phi) is 6.10. The lowest BCUT2D eigenvalue weighted by molar-refractivity contribution is -0.128. The molecule has 37 heavy (non-hydrogen) atoms. The molecule has 1 saturated heterocycles. The Bertz CT molecular complexity index is 1500. The van der Waals surface area contributed by atoms with Crippen LogP contribution in [0.5, 0.6) is 0 Å². The van der Waals surface area contributed by atoms with Crippen LogP contribution in [0, 0.1) is 5.82 Å². The normalized spacial score (nSPS) is 16.8. The maximum absolute atomic E-state index is 13.7. The molecule has 3 aromatic carbocycles. The van der Waals surface area contributed by atoms with E-state index in [0.717, 1.165) is 38.1 Å². The minimum absolute atomic E-state index is 0.00792. The Morgan fingerprint density at radius 3 is 2.62 bits per heavy atom. The predicted molar refractivity (Wildman–Crippen MR) is 140 cm³/mol. The minimum atomic E-state index is -0.633. The van der Waals surface area contributed by atoms with Crippen molar-refractivity contribution in [1.82, 2.24) is 14.7 Å². The number of benzene rings is 3. The molecule has 6 rings (SSSR count). The third-order valence-electron chi connectivity index (χ3n) is 6.63. The lowest BCUT2D eigenvalue weighted by Gasteiger charge is -2.23. The van der Waals surface area contributed by atoms with Crippen molar-refractivity contribution in [1.29, 1.82) is 0 Å². The van der Waals surface area contributed by atoms with E-state index < -0.39 is 6.23 Å². The van der Waals surface area contributed by atoms with Gasteiger partial charge in [0.2, 0.25) is 5.91 Å². The Hall–Kier alpha value is -3.82. The number of rotatable bonds is 6. The molecular weight excluding hydrogens is 539 g/mol. The number of amides is 2. The van der Waals surface area contributed by atoms with Crippen LogP contribution >= 0.6 is 15.9 Å². The quantitative estimate of drug-likeness (QED) is 0.358. The van der Waals surface area contributed by atoms with E-state index in [4.69, 9.17) is 9.84 Å². The van der Waals surface area contributed by atoms with Crippen LogP contribution in [0.2, 0.25) is 0 Å². The average Bonchev–Trinajstić information content (AvgIpc) is 3.59. The van der Waals surface area contributed by atoms with Gasteiger partial charge in [0.05, 0.1) is 12.1 Å². The van der Waals surface area contributed by atoms with Crippen LogP contribution in [0.3, 0.4) is 0 Å². The van der Waals surface area contributed by atoms with Crippen molar-refractivity contribution in [2.45, 2.75) is 19.1 Å². The number of nitrogens with one attached hydrogen (secondary N) is 1. The molecule has 3 heterocycles. The van der Waals surface area contributed by atoms with Crippen molar-refractivity contribution in [3.63, 3.8) is 0 Å². The summed E-state index contributed by atoms with van der Waals surface area (Å²) in [6.45, 7) is 0.403. The highest BCUT2D eigenvalue weighted by Gasteiger charge is 2.36. The minimum Gasteiger partial charge on any atom is -0.344 e. The second-order valence-corrected chi connectivity index (χ2v) is 9.99. The number of aromatic nitrogens is 2. The van der Waals surface area contributed by atoms with Gasteiger partial charge < -0.3 is 15.0 Å². The molecule has 1 fully saturated rings. The second kappa shape index (κ2) is 9.57. The molecule has 2 aliphatic rings. The summed E-state index contributed by atoms with van der Waals surface area (Å²) < 4.78 is 22.3. The Morgan fingerprint density at radius 1 is 1.05 bits per heavy atom. The van der Waals surface area contributed by atoms with Crippen LogP contribution < -0.4 is 5.32 Å². The van der Waals surface area contributed by atoms with Crippen molar-refractivity contribution in [2.24, 2.45) is 0 Å². The van der Waals surface area contributed by atoms with E-state index in [1.54, 1.807) is 21.7 Å². The number of nitrogens with zero attached hydrogens (tertiary/aromatic N) is 3. The second-order valence-electron chi connectivity index (χ2n) is 9.08. The summed E-state index contributed by atoms with van der Waals surface area (Å²) in [5, 5.41) is 7.68. The Labute approximate surface area is 221 Å². The first-order valence-electron chi connectivity index (χ1n) is 11.9. The van der Waals surface area contributed by atoms with Gasteiger partial charge in [0.1, 0.15) is 18.1 Å². The van der Waals surface area contributed by atoms with E-state index >= 15 is 0 Å². The van der Waals surface area contributed by atoms with E-state index in [1.165, 1.54) is 12.1 Å². The van der Waals surface area contributed by atoms with E-state index in [-0.39, 0.29) is 24.2 Å². The summed E-state index contributed by atoms with van der Waals surface area (Å²) in [6, 6.07) is 19.8. The fourth-order valence-corrected chi connectivity index (χ4v) is 5.01. The molecule has 0 bridgehead atoms. The van der Waals surface area contributed by atoms with Gasteiger partial charge in [-0.2, -0.15) is 5.10 Å². The van der Waals surface area contributed by atoms with E-state index in [0.29, 0.717) is 25.1 Å². The molecule has 0 aliphatic carbocycles. The van der Waals surface area contributed by atoms with Gasteiger partial charge in [0.25, 0.3) is 5.91 Å². The maximum atomic E-state index is 13.7. The van der Waals surface area contributed by atoms with Gasteiger partial charge in [-0.25, -0.2) is 9.07 Å². The molecular formula is C28H22BrFN4O3. The molecule has 0 saturated carbocycles. The van der Waals surface area contributed by atoms with Crippen molar-refractivity contribution in [3.05, 3.63) is 99.9 Å². The Morgan fingerprint density at radius 2 is 1.84 bits per heavy atom. The third-order valence-corrected chi connectivity index (χ3v) is 7.15. The molecule has 1 aromatic heterocycles. The van der Waals surface area contributed by atoms with Gasteiger partial charge in [0.15, 0.2) is 6.23 Å². The zero-order valence-electron chi connectivity index (χ0n) is 19.7. The summed E-state index contributed by atoms with van der Waals surface area (Å²) in [4.78, 5) is 26.3. The topological polar surface area (TPSA) is 76.5 Å². The summed E-state index contributed by atoms with van der Waals surface area (Å²) in [7, 11) is 0. The zero-order valence-corrected chi connectivity index (χ0v) is 21.2. The van der Waals surface area contributed by atoms with Crippen molar-refractivity contribution in [3.8, 4) is 16.9 Å². The first-order valence-corrected chi connectivity index (χ1v) is 12.7. The highest BCUT2D eigenvalue weighted by Crippen LogP contribution is 2.36. The molecule has 2 aliphatic heterocycles. The average molecular weight is 561 g/mol. The van der Waals surface area contributed by atoms with Gasteiger partial charge in [-0.1, -0.05) is 28.1 Å². The fraction of sp³-hybridized carbons (Fsp3) is 0.179. The maximum Gasteiger partial charge on any atom is 0.250 e. The van der Waals surface area contributed by atoms with E-state index in [2.05, 4.69) is 21.2 Å². The number of carbonyl (C=O) groups excluding carboxylic acids is 2. The third kappa shape index (κ3) is 4.68. The van der Waals surface area contributed by atoms with Crippen molar-refractivity contribution in [2.75, 3.05) is 18.5 Å². The number of anilines is 1. The lowest BCUT2D eigenvalue weighted by atomic mass is 10.1. The number of hydrogen-bond acceptors (Lipinski definition) is 4. The van der Waals surface area contributed by atoms with Crippen LogP contribution in [0.25, 0.3) is 16.9 Å². The van der Waals surface area contributed by atoms with Crippen LogP contribution in [-0.4, -0.2) is 39.6 Å². The molecule has 1 unspecified atom stereocenters. The SMILES string of the molecule is O=C1Cc2ccc(CCN3C(=O)COC3c3cn(-c4ccc(Br)cc4)nc3-c3ccc(F)cc3)cc2N1. The standard InChI is InChI=1S/C28H22BrFN4O3/c29-20-5-9-22(10-6-20)34-15-23(27(32-34)18-3-7-21(30)8-4-18)28-33(26(36)16-37-28)12-11-17-1-2-19-14-25(35)31-24(19)13-17/h1-10,13,15,28H,11-12,14,16H2,(H,31,35). The summed E-state index contributed by atoms with van der Waals surface area (Å²) in [5.74, 6) is -0.454. The van der Waals surface area contributed by atoms with Crippen LogP contribution in [0.1, 0.15) is 22.9 Å². The van der Waals surface area contributed by atoms with E-state index in [1.807, 2.05) is 48.7 Å². The van der Waals surface area contributed by atoms with Crippen LogP contribution in [0.15, 0.2) is 77.4 Å². The number of carbonyl (C=O) groups is 2. The van der Waals surface area contributed by atoms with Gasteiger partial charge in [0, 0.05) is 34.0 Å². The van der Waals surface area contributed by atoms with E-state index in [9.17, 15) is 14.0 Å². The highest BCUT2D eigenvalue weighted by molar-refractivity contribution is 9.10. The van der Waals surface area contributed by atoms with Gasteiger partial charge >= 0.3 is 0 Å². The smallest absolute Gasteiger partial charge is 0.250 e. The fourth-order valence-electron chi connectivity index (χ4n) is 4.75. The van der Waals surface area contributed by atoms with Crippen LogP contribution in [-0.2, 0) is 27.2 Å². The molecule has 2 amide bonds. The van der Waals surface area contributed by atoms with Crippen molar-refractivity contribution < 1.29 is 18.7 Å². The number of hydrogen-bond donors (Lipinski definition) is 1. The molecule has 0 spiro atoms. The number of fused-ring (bicyclic) bond motifs is 1. The molecule has 4 aromatic rings. The molecule has 1 atom stereocenters. The van der Waals surface area contributed by atoms with Gasteiger partial charge in [-0.05, 0) is 72.1 Å². The van der Waals surface area contributed by atoms with Gasteiger partial charge in [-0.15, -0.1) is 0 Å². The zero-order chi connectivity index (χ0) is 25.5. The van der Waals surface area contributed by atoms with Crippen LogP contribution in [0.4, 0.5) is 10.1 Å². The van der Waals surface area contributed by atoms with Crippen molar-refractivity contribution >= 4 is 33.4 Å². The summed E-state index contributed by atoms with van der Waals surface area (Å²) in [6.07, 6.45) is 2.22. The molecule has 9 heteroatoms. The largest absolute Gasteiger partial charge is 0.344 e. The monoisotopic (exact) mass is 560 g/mol. The summed E-state index contributed by atoms with van der Waals surface area (Å²) in [5.41, 5.74) is 5.74. The van der Waals surface area contributed by atoms with Gasteiger partial charge in [-0.3, -0.25) is 9.59 Å². The number of halogens is 2. The first-order chi connectivity index (χ1) is 17.9. The molecule has 1 N–H and O–H groups in total. The molecule has 186 valence electrons. The number of ether oxygens (including phenoxy) is 1.